The Morgan fingerprint density at radius 2 is 2.05 bits per heavy atom. The normalized spacial score (nSPS) is 12.3. The van der Waals surface area contributed by atoms with Gasteiger partial charge in [-0.15, -0.1) is 0 Å². The molecule has 1 unspecified atom stereocenters. The van der Waals surface area contributed by atoms with Crippen molar-refractivity contribution >= 4 is 11.7 Å². The minimum atomic E-state index is -1.08. The molecule has 0 aromatic heterocycles. The second kappa shape index (κ2) is 8.56. The van der Waals surface area contributed by atoms with Gasteiger partial charge in [-0.2, -0.15) is 0 Å². The van der Waals surface area contributed by atoms with Gasteiger partial charge in [-0.25, -0.2) is 13.6 Å². The molecule has 21 heavy (non-hydrogen) atoms. The summed E-state index contributed by atoms with van der Waals surface area (Å²) in [5.41, 5.74) is -0.199. The van der Waals surface area contributed by atoms with Crippen molar-refractivity contribution in [2.24, 2.45) is 11.8 Å². The number of amides is 2. The van der Waals surface area contributed by atoms with Crippen LogP contribution in [-0.2, 0) is 0 Å². The summed E-state index contributed by atoms with van der Waals surface area (Å²) in [4.78, 5) is 11.7. The zero-order valence-corrected chi connectivity index (χ0v) is 12.3. The summed E-state index contributed by atoms with van der Waals surface area (Å²) in [7, 11) is 0. The number of halogens is 2. The third kappa shape index (κ3) is 6.08. The number of aliphatic hydroxyl groups excluding tert-OH is 1. The molecule has 1 aromatic rings. The van der Waals surface area contributed by atoms with E-state index in [4.69, 9.17) is 5.11 Å². The molecule has 2 amide bonds. The van der Waals surface area contributed by atoms with Gasteiger partial charge in [0, 0.05) is 13.2 Å². The molecule has 0 spiro atoms. The van der Waals surface area contributed by atoms with E-state index in [1.165, 1.54) is 12.1 Å². The molecular formula is C15H22F2N2O2. The summed E-state index contributed by atoms with van der Waals surface area (Å²) in [5.74, 6) is -1.49. The Balaban J connectivity index is 2.50. The summed E-state index contributed by atoms with van der Waals surface area (Å²) in [5, 5.41) is 13.9. The summed E-state index contributed by atoms with van der Waals surface area (Å²) >= 11 is 0. The molecule has 0 aliphatic rings. The maximum atomic E-state index is 13.4. The molecule has 0 radical (unpaired) electrons. The first-order valence-corrected chi connectivity index (χ1v) is 7.03. The molecule has 0 aliphatic heterocycles. The van der Waals surface area contributed by atoms with Crippen molar-refractivity contribution in [3.05, 3.63) is 29.8 Å². The van der Waals surface area contributed by atoms with Gasteiger partial charge in [0.25, 0.3) is 0 Å². The smallest absolute Gasteiger partial charge is 0.319 e. The Morgan fingerprint density at radius 3 is 2.67 bits per heavy atom. The number of carbonyl (C=O) groups excluding carboxylic acids is 1. The fourth-order valence-electron chi connectivity index (χ4n) is 2.16. The first-order chi connectivity index (χ1) is 9.93. The predicted molar refractivity (Wildman–Crippen MR) is 78.0 cm³/mol. The van der Waals surface area contributed by atoms with Gasteiger partial charge in [-0.05, 0) is 36.8 Å². The highest BCUT2D eigenvalue weighted by Gasteiger charge is 2.14. The molecule has 0 fully saturated rings. The van der Waals surface area contributed by atoms with E-state index in [0.717, 1.165) is 12.5 Å². The second-order valence-corrected chi connectivity index (χ2v) is 5.44. The monoisotopic (exact) mass is 300 g/mol. The topological polar surface area (TPSA) is 61.4 Å². The molecule has 1 rings (SSSR count). The number of hydrogen-bond acceptors (Lipinski definition) is 2. The molecular weight excluding hydrogens is 278 g/mol. The SMILES string of the molecule is CC(C)CC(CCO)CNC(=O)Nc1cccc(F)c1F. The maximum Gasteiger partial charge on any atom is 0.319 e. The highest BCUT2D eigenvalue weighted by molar-refractivity contribution is 5.89. The van der Waals surface area contributed by atoms with E-state index in [0.29, 0.717) is 18.9 Å². The summed E-state index contributed by atoms with van der Waals surface area (Å²) in [6, 6.07) is 3.00. The Morgan fingerprint density at radius 1 is 1.33 bits per heavy atom. The highest BCUT2D eigenvalue weighted by atomic mass is 19.2. The molecule has 4 nitrogen and oxygen atoms in total. The third-order valence-electron chi connectivity index (χ3n) is 3.09. The van der Waals surface area contributed by atoms with Gasteiger partial charge in [0.05, 0.1) is 5.69 Å². The molecule has 1 aromatic carbocycles. The Bertz CT molecular complexity index is 467. The van der Waals surface area contributed by atoms with Crippen molar-refractivity contribution in [3.8, 4) is 0 Å². The van der Waals surface area contributed by atoms with Crippen LogP contribution >= 0.6 is 0 Å². The first kappa shape index (κ1) is 17.4. The van der Waals surface area contributed by atoms with Crippen molar-refractivity contribution in [1.82, 2.24) is 5.32 Å². The molecule has 0 saturated carbocycles. The van der Waals surface area contributed by atoms with Crippen LogP contribution in [0.25, 0.3) is 0 Å². The largest absolute Gasteiger partial charge is 0.396 e. The van der Waals surface area contributed by atoms with Crippen LogP contribution in [0.1, 0.15) is 26.7 Å². The Hall–Kier alpha value is -1.69. The third-order valence-corrected chi connectivity index (χ3v) is 3.09. The molecule has 3 N–H and O–H groups in total. The van der Waals surface area contributed by atoms with E-state index < -0.39 is 17.7 Å². The zero-order valence-electron chi connectivity index (χ0n) is 12.3. The number of aliphatic hydroxyl groups is 1. The van der Waals surface area contributed by atoms with Crippen LogP contribution in [0.2, 0.25) is 0 Å². The van der Waals surface area contributed by atoms with E-state index >= 15 is 0 Å². The lowest BCUT2D eigenvalue weighted by atomic mass is 9.94. The van der Waals surface area contributed by atoms with E-state index in [1.54, 1.807) is 0 Å². The minimum absolute atomic E-state index is 0.0548. The number of hydrogen-bond donors (Lipinski definition) is 3. The molecule has 118 valence electrons. The van der Waals surface area contributed by atoms with E-state index in [1.807, 2.05) is 0 Å². The fourth-order valence-corrected chi connectivity index (χ4v) is 2.16. The summed E-state index contributed by atoms with van der Waals surface area (Å²) in [6.45, 7) is 4.56. The molecule has 0 saturated heterocycles. The van der Waals surface area contributed by atoms with Crippen LogP contribution in [0.15, 0.2) is 18.2 Å². The van der Waals surface area contributed by atoms with Crippen molar-refractivity contribution in [2.75, 3.05) is 18.5 Å². The summed E-state index contributed by atoms with van der Waals surface area (Å²) < 4.78 is 26.4. The first-order valence-electron chi connectivity index (χ1n) is 7.03. The Labute approximate surface area is 123 Å². The van der Waals surface area contributed by atoms with Crippen LogP contribution in [0.4, 0.5) is 19.3 Å². The Kier molecular flexibility index (Phi) is 7.08. The molecule has 0 aliphatic carbocycles. The number of benzene rings is 1. The number of rotatable bonds is 7. The lowest BCUT2D eigenvalue weighted by molar-refractivity contribution is 0.231. The van der Waals surface area contributed by atoms with Crippen molar-refractivity contribution in [3.63, 3.8) is 0 Å². The number of nitrogens with one attached hydrogen (secondary N) is 2. The molecule has 6 heteroatoms. The molecule has 0 heterocycles. The van der Waals surface area contributed by atoms with Gasteiger partial charge in [-0.1, -0.05) is 19.9 Å². The van der Waals surface area contributed by atoms with Crippen LogP contribution in [0.5, 0.6) is 0 Å². The van der Waals surface area contributed by atoms with Crippen LogP contribution in [0, 0.1) is 23.5 Å². The predicted octanol–water partition coefficient (Wildman–Crippen LogP) is 3.13. The average Bonchev–Trinajstić information content (AvgIpc) is 2.41. The number of anilines is 1. The summed E-state index contributed by atoms with van der Waals surface area (Å²) in [6.07, 6.45) is 1.46. The van der Waals surface area contributed by atoms with Crippen molar-refractivity contribution < 1.29 is 18.7 Å². The average molecular weight is 300 g/mol. The lowest BCUT2D eigenvalue weighted by Gasteiger charge is -2.18. The number of carbonyl (C=O) groups is 1. The van der Waals surface area contributed by atoms with Crippen molar-refractivity contribution in [1.29, 1.82) is 0 Å². The van der Waals surface area contributed by atoms with E-state index in [-0.39, 0.29) is 18.2 Å². The second-order valence-electron chi connectivity index (χ2n) is 5.44. The highest BCUT2D eigenvalue weighted by Crippen LogP contribution is 2.17. The van der Waals surface area contributed by atoms with Crippen LogP contribution in [-0.4, -0.2) is 24.3 Å². The van der Waals surface area contributed by atoms with Gasteiger partial charge < -0.3 is 15.7 Å². The van der Waals surface area contributed by atoms with Gasteiger partial charge in [0.1, 0.15) is 0 Å². The maximum absolute atomic E-state index is 13.4. The van der Waals surface area contributed by atoms with Gasteiger partial charge >= 0.3 is 6.03 Å². The minimum Gasteiger partial charge on any atom is -0.396 e. The molecule has 1 atom stereocenters. The van der Waals surface area contributed by atoms with E-state index in [2.05, 4.69) is 24.5 Å². The molecule has 0 bridgehead atoms. The van der Waals surface area contributed by atoms with Crippen molar-refractivity contribution in [2.45, 2.75) is 26.7 Å². The lowest BCUT2D eigenvalue weighted by Crippen LogP contribution is -2.34. The van der Waals surface area contributed by atoms with Crippen LogP contribution < -0.4 is 10.6 Å². The van der Waals surface area contributed by atoms with E-state index in [9.17, 15) is 13.6 Å². The van der Waals surface area contributed by atoms with Gasteiger partial charge in [0.15, 0.2) is 11.6 Å². The fraction of sp³-hybridized carbons (Fsp3) is 0.533. The standard InChI is InChI=1S/C15H22F2N2O2/c1-10(2)8-11(6-7-20)9-18-15(21)19-13-5-3-4-12(16)14(13)17/h3-5,10-11,20H,6-9H2,1-2H3,(H2,18,19,21). The number of urea groups is 1. The van der Waals surface area contributed by atoms with Gasteiger partial charge in [-0.3, -0.25) is 0 Å². The van der Waals surface area contributed by atoms with Gasteiger partial charge in [0.2, 0.25) is 0 Å². The quantitative estimate of drug-likeness (QED) is 0.724. The zero-order chi connectivity index (χ0) is 15.8. The van der Waals surface area contributed by atoms with Crippen LogP contribution in [0.3, 0.4) is 0 Å².